The van der Waals surface area contributed by atoms with Gasteiger partial charge >= 0.3 is 5.97 Å². The molecule has 0 fully saturated rings. The molecule has 0 aromatic carbocycles. The number of carbonyl (C=O) groups excluding carboxylic acids is 1. The molecule has 1 rings (SSSR count). The lowest BCUT2D eigenvalue weighted by atomic mass is 10.4. The van der Waals surface area contributed by atoms with E-state index in [0.717, 1.165) is 0 Å². The zero-order valence-electron chi connectivity index (χ0n) is 7.06. The van der Waals surface area contributed by atoms with Crippen LogP contribution in [0.3, 0.4) is 0 Å². The molecule has 0 unspecified atom stereocenters. The first-order valence-electron chi connectivity index (χ1n) is 3.57. The van der Waals surface area contributed by atoms with Gasteiger partial charge in [0.2, 0.25) is 5.88 Å². The predicted octanol–water partition coefficient (Wildman–Crippen LogP) is 0.339. The molecule has 0 aliphatic carbocycles. The van der Waals surface area contributed by atoms with Crippen LogP contribution in [-0.2, 0) is 9.53 Å². The highest BCUT2D eigenvalue weighted by atomic mass is 16.6. The Kier molecular flexibility index (Phi) is 3.08. The Balaban J connectivity index is 2.46. The van der Waals surface area contributed by atoms with Gasteiger partial charge in [0.25, 0.3) is 0 Å². The van der Waals surface area contributed by atoms with E-state index in [4.69, 9.17) is 9.84 Å². The van der Waals surface area contributed by atoms with Crippen molar-refractivity contribution in [2.45, 2.75) is 0 Å². The number of methoxy groups -OCH3 is 1. The van der Waals surface area contributed by atoms with Crippen molar-refractivity contribution < 1.29 is 19.4 Å². The molecule has 5 heteroatoms. The second-order valence-corrected chi connectivity index (χ2v) is 2.22. The summed E-state index contributed by atoms with van der Waals surface area (Å²) < 4.78 is 9.27. The number of esters is 1. The Morgan fingerprint density at radius 2 is 2.38 bits per heavy atom. The fraction of sp³-hybridized carbons (Fsp3) is 0.250. The van der Waals surface area contributed by atoms with Crippen molar-refractivity contribution in [3.63, 3.8) is 0 Å². The highest BCUT2D eigenvalue weighted by Gasteiger charge is 2.01. The van der Waals surface area contributed by atoms with Gasteiger partial charge in [0.05, 0.1) is 13.3 Å². The van der Waals surface area contributed by atoms with Crippen molar-refractivity contribution in [2.24, 2.45) is 0 Å². The average Bonchev–Trinajstić information content (AvgIpc) is 2.16. The molecular weight excluding hydrogens is 174 g/mol. The summed E-state index contributed by atoms with van der Waals surface area (Å²) in [5.74, 6) is -0.163. The van der Waals surface area contributed by atoms with Crippen molar-refractivity contribution in [3.8, 4) is 11.6 Å². The molecule has 0 radical (unpaired) electrons. The van der Waals surface area contributed by atoms with Crippen LogP contribution >= 0.6 is 0 Å². The van der Waals surface area contributed by atoms with Crippen LogP contribution in [0.1, 0.15) is 0 Å². The van der Waals surface area contributed by atoms with Crippen LogP contribution in [0.4, 0.5) is 0 Å². The van der Waals surface area contributed by atoms with E-state index in [-0.39, 0.29) is 18.2 Å². The smallest absolute Gasteiger partial charge is 0.343 e. The number of hydrogen-bond donors (Lipinski definition) is 1. The Bertz CT molecular complexity index is 283. The average molecular weight is 183 g/mol. The SMILES string of the molecule is COC(=O)COc1ccc(O)cn1. The van der Waals surface area contributed by atoms with Crippen LogP contribution < -0.4 is 4.74 Å². The van der Waals surface area contributed by atoms with Gasteiger partial charge in [0.15, 0.2) is 6.61 Å². The summed E-state index contributed by atoms with van der Waals surface area (Å²) in [6.45, 7) is -0.186. The van der Waals surface area contributed by atoms with E-state index in [0.29, 0.717) is 0 Å². The van der Waals surface area contributed by atoms with Crippen LogP contribution in [0.15, 0.2) is 18.3 Å². The molecule has 0 atom stereocenters. The largest absolute Gasteiger partial charge is 0.506 e. The molecule has 5 nitrogen and oxygen atoms in total. The minimum Gasteiger partial charge on any atom is -0.506 e. The highest BCUT2D eigenvalue weighted by Crippen LogP contribution is 2.11. The maximum absolute atomic E-state index is 10.6. The predicted molar refractivity (Wildman–Crippen MR) is 43.4 cm³/mol. The molecule has 1 heterocycles. The van der Waals surface area contributed by atoms with Crippen LogP contribution in [0, 0.1) is 0 Å². The van der Waals surface area contributed by atoms with Gasteiger partial charge in [0, 0.05) is 6.07 Å². The van der Waals surface area contributed by atoms with E-state index >= 15 is 0 Å². The summed E-state index contributed by atoms with van der Waals surface area (Å²) in [6.07, 6.45) is 1.23. The topological polar surface area (TPSA) is 68.7 Å². The second-order valence-electron chi connectivity index (χ2n) is 2.22. The summed E-state index contributed by atoms with van der Waals surface area (Å²) in [4.78, 5) is 14.3. The molecule has 0 bridgehead atoms. The van der Waals surface area contributed by atoms with Gasteiger partial charge < -0.3 is 14.6 Å². The summed E-state index contributed by atoms with van der Waals surface area (Å²) in [5, 5.41) is 8.87. The van der Waals surface area contributed by atoms with E-state index in [9.17, 15) is 4.79 Å². The Labute approximate surface area is 74.9 Å². The molecule has 13 heavy (non-hydrogen) atoms. The van der Waals surface area contributed by atoms with E-state index in [1.165, 1.54) is 25.4 Å². The third-order valence-electron chi connectivity index (χ3n) is 1.29. The molecule has 1 N–H and O–H groups in total. The molecule has 0 aliphatic heterocycles. The zero-order chi connectivity index (χ0) is 9.68. The van der Waals surface area contributed by atoms with Gasteiger partial charge in [-0.15, -0.1) is 0 Å². The van der Waals surface area contributed by atoms with Crippen molar-refractivity contribution >= 4 is 5.97 Å². The molecule has 1 aromatic heterocycles. The van der Waals surface area contributed by atoms with Crippen molar-refractivity contribution in [2.75, 3.05) is 13.7 Å². The number of carbonyl (C=O) groups is 1. The summed E-state index contributed by atoms with van der Waals surface area (Å²) in [7, 11) is 1.27. The Hall–Kier alpha value is -1.78. The lowest BCUT2D eigenvalue weighted by molar-refractivity contribution is -0.143. The molecule has 0 aliphatic rings. The monoisotopic (exact) mass is 183 g/mol. The fourth-order valence-corrected chi connectivity index (χ4v) is 0.650. The lowest BCUT2D eigenvalue weighted by Gasteiger charge is -2.02. The zero-order valence-corrected chi connectivity index (χ0v) is 7.06. The first kappa shape index (κ1) is 9.31. The van der Waals surface area contributed by atoms with Crippen molar-refractivity contribution in [3.05, 3.63) is 18.3 Å². The fourth-order valence-electron chi connectivity index (χ4n) is 0.650. The van der Waals surface area contributed by atoms with Crippen molar-refractivity contribution in [1.82, 2.24) is 4.98 Å². The summed E-state index contributed by atoms with van der Waals surface area (Å²) in [5.41, 5.74) is 0. The quantitative estimate of drug-likeness (QED) is 0.684. The van der Waals surface area contributed by atoms with Crippen molar-refractivity contribution in [1.29, 1.82) is 0 Å². The van der Waals surface area contributed by atoms with Gasteiger partial charge in [-0.05, 0) is 6.07 Å². The van der Waals surface area contributed by atoms with E-state index in [1.807, 2.05) is 0 Å². The minimum atomic E-state index is -0.477. The molecule has 0 saturated carbocycles. The third kappa shape index (κ3) is 2.98. The summed E-state index contributed by atoms with van der Waals surface area (Å²) in [6, 6.07) is 2.87. The third-order valence-corrected chi connectivity index (χ3v) is 1.29. The number of ether oxygens (including phenoxy) is 2. The molecule has 0 amide bonds. The maximum Gasteiger partial charge on any atom is 0.343 e. The highest BCUT2D eigenvalue weighted by molar-refractivity contribution is 5.70. The number of aromatic nitrogens is 1. The first-order valence-corrected chi connectivity index (χ1v) is 3.57. The number of nitrogens with zero attached hydrogens (tertiary/aromatic N) is 1. The van der Waals surface area contributed by atoms with Crippen LogP contribution in [0.5, 0.6) is 11.6 Å². The van der Waals surface area contributed by atoms with Crippen LogP contribution in [0.25, 0.3) is 0 Å². The molecule has 0 saturated heterocycles. The second kappa shape index (κ2) is 4.30. The van der Waals surface area contributed by atoms with Gasteiger partial charge in [-0.2, -0.15) is 0 Å². The summed E-state index contributed by atoms with van der Waals surface area (Å²) >= 11 is 0. The van der Waals surface area contributed by atoms with Gasteiger partial charge in [-0.3, -0.25) is 0 Å². The van der Waals surface area contributed by atoms with Crippen LogP contribution in [0.2, 0.25) is 0 Å². The van der Waals surface area contributed by atoms with Gasteiger partial charge in [-0.1, -0.05) is 0 Å². The standard InChI is InChI=1S/C8H9NO4/c1-12-8(11)5-13-7-3-2-6(10)4-9-7/h2-4,10H,5H2,1H3. The Morgan fingerprint density at radius 3 is 2.92 bits per heavy atom. The van der Waals surface area contributed by atoms with Gasteiger partial charge in [0.1, 0.15) is 5.75 Å². The van der Waals surface area contributed by atoms with E-state index < -0.39 is 5.97 Å². The van der Waals surface area contributed by atoms with E-state index in [2.05, 4.69) is 9.72 Å². The lowest BCUT2D eigenvalue weighted by Crippen LogP contribution is -2.12. The molecule has 1 aromatic rings. The normalized spacial score (nSPS) is 9.31. The molecular formula is C8H9NO4. The minimum absolute atomic E-state index is 0.0467. The van der Waals surface area contributed by atoms with Gasteiger partial charge in [-0.25, -0.2) is 9.78 Å². The van der Waals surface area contributed by atoms with Crippen LogP contribution in [-0.4, -0.2) is 29.8 Å². The number of aromatic hydroxyl groups is 1. The first-order chi connectivity index (χ1) is 6.22. The maximum atomic E-state index is 10.6. The number of rotatable bonds is 3. The molecule has 0 spiro atoms. The number of pyridine rings is 1. The Morgan fingerprint density at radius 1 is 1.62 bits per heavy atom. The number of hydrogen-bond acceptors (Lipinski definition) is 5. The molecule has 70 valence electrons. The van der Waals surface area contributed by atoms with E-state index in [1.54, 1.807) is 0 Å².